The van der Waals surface area contributed by atoms with E-state index in [0.717, 1.165) is 37.3 Å². The Balaban J connectivity index is 2.22. The Morgan fingerprint density at radius 3 is 2.83 bits per heavy atom. The lowest BCUT2D eigenvalue weighted by atomic mass is 9.95. The molecule has 18 heavy (non-hydrogen) atoms. The van der Waals surface area contributed by atoms with E-state index in [1.165, 1.54) is 0 Å². The van der Waals surface area contributed by atoms with E-state index >= 15 is 0 Å². The molecule has 100 valence electrons. The summed E-state index contributed by atoms with van der Waals surface area (Å²) >= 11 is 0. The van der Waals surface area contributed by atoms with Crippen LogP contribution < -0.4 is 0 Å². The minimum absolute atomic E-state index is 0.0286. The second kappa shape index (κ2) is 5.08. The Labute approximate surface area is 107 Å². The van der Waals surface area contributed by atoms with Gasteiger partial charge >= 0.3 is 5.97 Å². The highest BCUT2D eigenvalue weighted by atomic mass is 16.4. The van der Waals surface area contributed by atoms with E-state index in [4.69, 9.17) is 0 Å². The molecule has 0 radical (unpaired) electrons. The maximum absolute atomic E-state index is 11.2. The highest BCUT2D eigenvalue weighted by Gasteiger charge is 2.36. The highest BCUT2D eigenvalue weighted by Crippen LogP contribution is 2.38. The van der Waals surface area contributed by atoms with Crippen molar-refractivity contribution in [2.45, 2.75) is 45.4 Å². The topological polar surface area (TPSA) is 68.0 Å². The van der Waals surface area contributed by atoms with E-state index in [-0.39, 0.29) is 11.8 Å². The third-order valence-corrected chi connectivity index (χ3v) is 3.60. The van der Waals surface area contributed by atoms with Crippen LogP contribution in [0.1, 0.15) is 50.7 Å². The maximum Gasteiger partial charge on any atom is 0.307 e. The first-order chi connectivity index (χ1) is 8.49. The molecule has 1 aromatic rings. The van der Waals surface area contributed by atoms with Gasteiger partial charge in [-0.1, -0.05) is 20.3 Å². The first kappa shape index (κ1) is 13.1. The summed E-state index contributed by atoms with van der Waals surface area (Å²) in [6, 6.07) is 0. The lowest BCUT2D eigenvalue weighted by Crippen LogP contribution is -2.19. The quantitative estimate of drug-likeness (QED) is 0.888. The molecule has 1 fully saturated rings. The summed E-state index contributed by atoms with van der Waals surface area (Å²) in [7, 11) is 1.86. The molecular weight excluding hydrogens is 230 g/mol. The van der Waals surface area contributed by atoms with E-state index in [9.17, 15) is 9.90 Å². The Kier molecular flexibility index (Phi) is 3.68. The molecule has 1 aliphatic rings. The summed E-state index contributed by atoms with van der Waals surface area (Å²) in [5.41, 5.74) is 0. The summed E-state index contributed by atoms with van der Waals surface area (Å²) < 4.78 is 1.77. The van der Waals surface area contributed by atoms with Gasteiger partial charge in [-0.15, -0.1) is 0 Å². The molecule has 1 N–H and O–H groups in total. The summed E-state index contributed by atoms with van der Waals surface area (Å²) in [5.74, 6) is 1.22. The smallest absolute Gasteiger partial charge is 0.307 e. The molecule has 1 saturated carbocycles. The van der Waals surface area contributed by atoms with Crippen molar-refractivity contribution in [3.63, 3.8) is 0 Å². The average molecular weight is 251 g/mol. The van der Waals surface area contributed by atoms with Crippen LogP contribution in [0.4, 0.5) is 0 Å². The normalized spacial score (nSPS) is 23.8. The molecule has 2 atom stereocenters. The molecule has 5 nitrogen and oxygen atoms in total. The first-order valence-corrected chi connectivity index (χ1v) is 6.61. The van der Waals surface area contributed by atoms with Gasteiger partial charge in [0.05, 0.1) is 5.92 Å². The number of carbonyl (C=O) groups is 1. The Hall–Kier alpha value is -1.39. The average Bonchev–Trinajstić information content (AvgIpc) is 2.83. The van der Waals surface area contributed by atoms with Crippen molar-refractivity contribution in [2.24, 2.45) is 18.9 Å². The van der Waals surface area contributed by atoms with E-state index in [0.29, 0.717) is 5.92 Å². The molecule has 0 spiro atoms. The third kappa shape index (κ3) is 2.54. The van der Waals surface area contributed by atoms with Gasteiger partial charge in [0.15, 0.2) is 5.82 Å². The number of aromatic nitrogens is 3. The van der Waals surface area contributed by atoms with Gasteiger partial charge in [0.2, 0.25) is 0 Å². The van der Waals surface area contributed by atoms with Crippen LogP contribution in [0.15, 0.2) is 0 Å². The standard InChI is InChI=1S/C13H21N3O2/c1-8(2)7-11-14-12(16(3)15-11)9-5-4-6-10(9)13(17)18/h8-10H,4-7H2,1-3H3,(H,17,18). The second-order valence-corrected chi connectivity index (χ2v) is 5.59. The summed E-state index contributed by atoms with van der Waals surface area (Å²) in [6.07, 6.45) is 3.48. The van der Waals surface area contributed by atoms with Gasteiger partial charge in [0.25, 0.3) is 0 Å². The van der Waals surface area contributed by atoms with Crippen LogP contribution in [-0.2, 0) is 18.3 Å². The number of aryl methyl sites for hydroxylation is 1. The second-order valence-electron chi connectivity index (χ2n) is 5.59. The van der Waals surface area contributed by atoms with Gasteiger partial charge in [-0.25, -0.2) is 4.98 Å². The fourth-order valence-corrected chi connectivity index (χ4v) is 2.79. The number of hydrogen-bond donors (Lipinski definition) is 1. The van der Waals surface area contributed by atoms with Gasteiger partial charge in [-0.2, -0.15) is 5.10 Å². The third-order valence-electron chi connectivity index (χ3n) is 3.60. The van der Waals surface area contributed by atoms with Crippen LogP contribution in [0.25, 0.3) is 0 Å². The molecule has 2 rings (SSSR count). The zero-order valence-corrected chi connectivity index (χ0v) is 11.3. The Morgan fingerprint density at radius 2 is 2.22 bits per heavy atom. The Bertz CT molecular complexity index is 439. The molecule has 1 heterocycles. The van der Waals surface area contributed by atoms with Crippen molar-refractivity contribution < 1.29 is 9.90 Å². The molecule has 0 amide bonds. The van der Waals surface area contributed by atoms with Crippen molar-refractivity contribution in [3.05, 3.63) is 11.6 Å². The summed E-state index contributed by atoms with van der Waals surface area (Å²) in [5, 5.41) is 13.6. The van der Waals surface area contributed by atoms with Crippen LogP contribution in [0, 0.1) is 11.8 Å². The lowest BCUT2D eigenvalue weighted by molar-refractivity contribution is -0.142. The predicted molar refractivity (Wildman–Crippen MR) is 67.3 cm³/mol. The fraction of sp³-hybridized carbons (Fsp3) is 0.769. The molecule has 0 aromatic carbocycles. The predicted octanol–water partition coefficient (Wildman–Crippen LogP) is 1.98. The minimum Gasteiger partial charge on any atom is -0.481 e. The molecule has 0 saturated heterocycles. The number of carboxylic acid groups (broad SMARTS) is 1. The monoisotopic (exact) mass is 251 g/mol. The number of nitrogens with zero attached hydrogens (tertiary/aromatic N) is 3. The van der Waals surface area contributed by atoms with Crippen molar-refractivity contribution in [1.82, 2.24) is 14.8 Å². The van der Waals surface area contributed by atoms with Gasteiger partial charge in [-0.3, -0.25) is 9.48 Å². The maximum atomic E-state index is 11.2. The van der Waals surface area contributed by atoms with Crippen LogP contribution in [0.2, 0.25) is 0 Å². The van der Waals surface area contributed by atoms with E-state index < -0.39 is 5.97 Å². The number of carboxylic acids is 1. The number of rotatable bonds is 4. The van der Waals surface area contributed by atoms with E-state index in [2.05, 4.69) is 23.9 Å². The van der Waals surface area contributed by atoms with Crippen molar-refractivity contribution in [2.75, 3.05) is 0 Å². The molecule has 1 aliphatic carbocycles. The largest absolute Gasteiger partial charge is 0.481 e. The van der Waals surface area contributed by atoms with Crippen molar-refractivity contribution >= 4 is 5.97 Å². The zero-order chi connectivity index (χ0) is 13.3. The minimum atomic E-state index is -0.703. The van der Waals surface area contributed by atoms with Crippen LogP contribution in [0.5, 0.6) is 0 Å². The molecule has 2 unspecified atom stereocenters. The summed E-state index contributed by atoms with van der Waals surface area (Å²) in [6.45, 7) is 4.26. The van der Waals surface area contributed by atoms with Crippen LogP contribution in [-0.4, -0.2) is 25.8 Å². The molecule has 1 aromatic heterocycles. The number of hydrogen-bond acceptors (Lipinski definition) is 3. The lowest BCUT2D eigenvalue weighted by Gasteiger charge is -2.14. The molecule has 0 aliphatic heterocycles. The molecule has 0 bridgehead atoms. The zero-order valence-electron chi connectivity index (χ0n) is 11.3. The van der Waals surface area contributed by atoms with Gasteiger partial charge in [-0.05, 0) is 18.8 Å². The summed E-state index contributed by atoms with van der Waals surface area (Å²) in [4.78, 5) is 15.8. The molecule has 5 heteroatoms. The first-order valence-electron chi connectivity index (χ1n) is 6.61. The molecular formula is C13H21N3O2. The Morgan fingerprint density at radius 1 is 1.50 bits per heavy atom. The van der Waals surface area contributed by atoms with Gasteiger partial charge in [0, 0.05) is 19.4 Å². The fourth-order valence-electron chi connectivity index (χ4n) is 2.79. The van der Waals surface area contributed by atoms with E-state index in [1.807, 2.05) is 7.05 Å². The highest BCUT2D eigenvalue weighted by molar-refractivity contribution is 5.71. The van der Waals surface area contributed by atoms with Crippen LogP contribution >= 0.6 is 0 Å². The SMILES string of the molecule is CC(C)Cc1nc(C2CCCC2C(=O)O)n(C)n1. The van der Waals surface area contributed by atoms with Gasteiger partial charge < -0.3 is 5.11 Å². The van der Waals surface area contributed by atoms with E-state index in [1.54, 1.807) is 4.68 Å². The van der Waals surface area contributed by atoms with Gasteiger partial charge in [0.1, 0.15) is 5.82 Å². The van der Waals surface area contributed by atoms with Crippen molar-refractivity contribution in [1.29, 1.82) is 0 Å². The van der Waals surface area contributed by atoms with Crippen molar-refractivity contribution in [3.8, 4) is 0 Å². The van der Waals surface area contributed by atoms with Crippen LogP contribution in [0.3, 0.4) is 0 Å². The number of aliphatic carboxylic acids is 1.